The number of fused-ring (bicyclic) bond motifs is 1. The molecule has 0 saturated carbocycles. The summed E-state index contributed by atoms with van der Waals surface area (Å²) >= 11 is 0. The SMILES string of the molecule is Cn1cccc(S(=O)(=O)Cc2ccc(F)c(-c3ccc4c(-c5ncc[nH]5)[nH]nc4c3F)c2F)c1=O. The largest absolute Gasteiger partial charge is 0.343 e. The predicted octanol–water partition coefficient (Wildman–Crippen LogP) is 3.71. The molecule has 0 aliphatic heterocycles. The molecular formula is C23H16F3N5O3S. The van der Waals surface area contributed by atoms with Crippen LogP contribution >= 0.6 is 0 Å². The fourth-order valence-electron chi connectivity index (χ4n) is 3.87. The van der Waals surface area contributed by atoms with Crippen molar-refractivity contribution in [2.24, 2.45) is 7.05 Å². The normalized spacial score (nSPS) is 11.9. The zero-order chi connectivity index (χ0) is 24.9. The molecule has 5 rings (SSSR count). The number of hydrogen-bond donors (Lipinski definition) is 2. The molecule has 0 spiro atoms. The third-order valence-corrected chi connectivity index (χ3v) is 7.28. The molecule has 2 N–H and O–H groups in total. The Morgan fingerprint density at radius 2 is 1.86 bits per heavy atom. The number of sulfone groups is 1. The summed E-state index contributed by atoms with van der Waals surface area (Å²) in [7, 11) is -2.91. The van der Waals surface area contributed by atoms with Gasteiger partial charge in [0, 0.05) is 42.2 Å². The van der Waals surface area contributed by atoms with Gasteiger partial charge in [-0.15, -0.1) is 0 Å². The summed E-state index contributed by atoms with van der Waals surface area (Å²) in [5.41, 5.74) is -2.14. The molecule has 5 aromatic rings. The molecule has 0 atom stereocenters. The van der Waals surface area contributed by atoms with Crippen LogP contribution < -0.4 is 5.56 Å². The van der Waals surface area contributed by atoms with E-state index in [9.17, 15) is 17.6 Å². The molecule has 3 heterocycles. The predicted molar refractivity (Wildman–Crippen MR) is 122 cm³/mol. The summed E-state index contributed by atoms with van der Waals surface area (Å²) in [6.45, 7) is 0. The van der Waals surface area contributed by atoms with E-state index in [0.29, 0.717) is 16.9 Å². The zero-order valence-electron chi connectivity index (χ0n) is 18.0. The Bertz CT molecular complexity index is 1760. The lowest BCUT2D eigenvalue weighted by Crippen LogP contribution is -2.24. The van der Waals surface area contributed by atoms with Crippen molar-refractivity contribution < 1.29 is 21.6 Å². The smallest absolute Gasteiger partial charge is 0.269 e. The molecule has 2 aromatic carbocycles. The van der Waals surface area contributed by atoms with E-state index in [1.54, 1.807) is 6.20 Å². The minimum Gasteiger partial charge on any atom is -0.343 e. The second-order valence-electron chi connectivity index (χ2n) is 7.80. The molecule has 35 heavy (non-hydrogen) atoms. The van der Waals surface area contributed by atoms with Gasteiger partial charge >= 0.3 is 0 Å². The van der Waals surface area contributed by atoms with Crippen LogP contribution in [-0.4, -0.2) is 33.2 Å². The van der Waals surface area contributed by atoms with Crippen molar-refractivity contribution >= 4 is 20.7 Å². The first-order valence-electron chi connectivity index (χ1n) is 10.2. The molecule has 3 aromatic heterocycles. The van der Waals surface area contributed by atoms with E-state index >= 15 is 8.78 Å². The van der Waals surface area contributed by atoms with Gasteiger partial charge in [-0.25, -0.2) is 26.6 Å². The number of nitrogens with one attached hydrogen (secondary N) is 2. The third-order valence-electron chi connectivity index (χ3n) is 5.61. The highest BCUT2D eigenvalue weighted by molar-refractivity contribution is 7.90. The van der Waals surface area contributed by atoms with E-state index in [2.05, 4.69) is 20.2 Å². The van der Waals surface area contributed by atoms with Gasteiger partial charge in [0.05, 0.1) is 11.3 Å². The number of rotatable bonds is 5. The van der Waals surface area contributed by atoms with Gasteiger partial charge in [0.15, 0.2) is 21.5 Å². The molecule has 0 aliphatic carbocycles. The maximum Gasteiger partial charge on any atom is 0.269 e. The topological polar surface area (TPSA) is 114 Å². The number of aromatic amines is 2. The van der Waals surface area contributed by atoms with Crippen LogP contribution in [-0.2, 0) is 22.6 Å². The lowest BCUT2D eigenvalue weighted by Gasteiger charge is -2.12. The zero-order valence-corrected chi connectivity index (χ0v) is 18.8. The van der Waals surface area contributed by atoms with Crippen LogP contribution in [0.2, 0.25) is 0 Å². The van der Waals surface area contributed by atoms with Crippen LogP contribution in [0.4, 0.5) is 13.2 Å². The highest BCUT2D eigenvalue weighted by atomic mass is 32.2. The van der Waals surface area contributed by atoms with E-state index in [4.69, 9.17) is 0 Å². The van der Waals surface area contributed by atoms with Crippen LogP contribution in [0, 0.1) is 17.5 Å². The monoisotopic (exact) mass is 499 g/mol. The first-order valence-corrected chi connectivity index (χ1v) is 11.9. The minimum absolute atomic E-state index is 0.168. The summed E-state index contributed by atoms with van der Waals surface area (Å²) in [6, 6.07) is 6.92. The molecule has 12 heteroatoms. The van der Waals surface area contributed by atoms with Crippen molar-refractivity contribution in [1.82, 2.24) is 24.7 Å². The van der Waals surface area contributed by atoms with Gasteiger partial charge < -0.3 is 9.55 Å². The van der Waals surface area contributed by atoms with Gasteiger partial charge in [0.1, 0.15) is 27.7 Å². The van der Waals surface area contributed by atoms with Crippen LogP contribution in [0.1, 0.15) is 5.56 Å². The van der Waals surface area contributed by atoms with E-state index in [-0.39, 0.29) is 5.52 Å². The first kappa shape index (κ1) is 22.6. The van der Waals surface area contributed by atoms with E-state index in [1.165, 1.54) is 37.6 Å². The van der Waals surface area contributed by atoms with E-state index in [1.807, 2.05) is 0 Å². The first-order chi connectivity index (χ1) is 16.7. The highest BCUT2D eigenvalue weighted by Crippen LogP contribution is 2.35. The molecule has 0 aliphatic rings. The van der Waals surface area contributed by atoms with Crippen LogP contribution in [0.25, 0.3) is 33.5 Å². The van der Waals surface area contributed by atoms with Crippen LogP contribution in [0.3, 0.4) is 0 Å². The number of imidazole rings is 1. The van der Waals surface area contributed by atoms with Crippen molar-refractivity contribution in [3.8, 4) is 22.6 Å². The van der Waals surface area contributed by atoms with Crippen molar-refractivity contribution in [2.45, 2.75) is 10.6 Å². The number of halogens is 3. The van der Waals surface area contributed by atoms with Gasteiger partial charge in [0.25, 0.3) is 5.56 Å². The Morgan fingerprint density at radius 1 is 1.06 bits per heavy atom. The van der Waals surface area contributed by atoms with Gasteiger partial charge in [-0.2, -0.15) is 5.10 Å². The Labute approximate surface area is 196 Å². The maximum absolute atomic E-state index is 15.5. The fourth-order valence-corrected chi connectivity index (χ4v) is 5.35. The van der Waals surface area contributed by atoms with E-state index in [0.717, 1.165) is 22.8 Å². The fraction of sp³-hybridized carbons (Fsp3) is 0.0870. The van der Waals surface area contributed by atoms with Gasteiger partial charge in [-0.05, 0) is 24.3 Å². The Balaban J connectivity index is 1.61. The van der Waals surface area contributed by atoms with Crippen molar-refractivity contribution in [2.75, 3.05) is 0 Å². The van der Waals surface area contributed by atoms with Gasteiger partial charge in [-0.1, -0.05) is 12.1 Å². The summed E-state index contributed by atoms with van der Waals surface area (Å²) in [5, 5.41) is 6.91. The number of nitrogens with zero attached hydrogens (tertiary/aromatic N) is 3. The number of pyridine rings is 1. The molecule has 0 bridgehead atoms. The van der Waals surface area contributed by atoms with Crippen molar-refractivity contribution in [3.63, 3.8) is 0 Å². The lowest BCUT2D eigenvalue weighted by molar-refractivity contribution is 0.570. The highest BCUT2D eigenvalue weighted by Gasteiger charge is 2.26. The number of benzene rings is 2. The van der Waals surface area contributed by atoms with Crippen molar-refractivity contribution in [1.29, 1.82) is 0 Å². The summed E-state index contributed by atoms with van der Waals surface area (Å²) < 4.78 is 72.4. The van der Waals surface area contributed by atoms with Gasteiger partial charge in [0.2, 0.25) is 0 Å². The minimum atomic E-state index is -4.28. The molecule has 178 valence electrons. The lowest BCUT2D eigenvalue weighted by atomic mass is 9.99. The number of hydrogen-bond acceptors (Lipinski definition) is 5. The molecule has 0 radical (unpaired) electrons. The summed E-state index contributed by atoms with van der Waals surface area (Å²) in [6.07, 6.45) is 4.45. The van der Waals surface area contributed by atoms with Crippen molar-refractivity contribution in [3.05, 3.63) is 88.4 Å². The number of aryl methyl sites for hydroxylation is 1. The second kappa shape index (κ2) is 8.24. The molecule has 0 saturated heterocycles. The van der Waals surface area contributed by atoms with Crippen LogP contribution in [0.15, 0.2) is 64.7 Å². The molecule has 0 unspecified atom stereocenters. The average molecular weight is 499 g/mol. The summed E-state index contributed by atoms with van der Waals surface area (Å²) in [5.74, 6) is -3.84. The Morgan fingerprint density at radius 3 is 2.60 bits per heavy atom. The maximum atomic E-state index is 15.5. The van der Waals surface area contributed by atoms with Gasteiger partial charge in [-0.3, -0.25) is 9.89 Å². The second-order valence-corrected chi connectivity index (χ2v) is 9.76. The van der Waals surface area contributed by atoms with E-state index < -0.39 is 60.2 Å². The quantitative estimate of drug-likeness (QED) is 0.383. The number of H-pyrrole nitrogens is 2. The Hall–Kier alpha value is -4.19. The molecule has 0 fully saturated rings. The standard InChI is InChI=1S/C23H16F3N5O3S/c1-31-10-2-3-16(23(31)32)35(33,34)11-12-4-7-15(24)17(18(12)25)13-5-6-14-20(19(13)26)29-30-21(14)22-27-8-9-28-22/h2-10H,11H2,1H3,(H,27,28)(H,29,30). The number of aromatic nitrogens is 5. The van der Waals surface area contributed by atoms with Crippen LogP contribution in [0.5, 0.6) is 0 Å². The third kappa shape index (κ3) is 3.71. The molecule has 0 amide bonds. The molecular weight excluding hydrogens is 483 g/mol. The average Bonchev–Trinajstić information content (AvgIpc) is 3.49. The molecule has 8 nitrogen and oxygen atoms in total. The summed E-state index contributed by atoms with van der Waals surface area (Å²) in [4.78, 5) is 18.7. The Kier molecular flexibility index (Phi) is 5.32.